The lowest BCUT2D eigenvalue weighted by molar-refractivity contribution is -0.136. The summed E-state index contributed by atoms with van der Waals surface area (Å²) in [5.41, 5.74) is -0.568. The molecule has 0 saturated carbocycles. The molecular weight excluding hydrogens is 443 g/mol. The van der Waals surface area contributed by atoms with Gasteiger partial charge in [-0.05, 0) is 24.6 Å². The molecule has 1 aromatic heterocycles. The molecule has 1 heterocycles. The van der Waals surface area contributed by atoms with Crippen molar-refractivity contribution in [2.75, 3.05) is 5.32 Å². The Morgan fingerprint density at radius 1 is 0.882 bits per heavy atom. The molecule has 3 aromatic carbocycles. The van der Waals surface area contributed by atoms with E-state index in [1.54, 1.807) is 61.5 Å². The first-order valence-corrected chi connectivity index (χ1v) is 10.5. The standard InChI is InChI=1S/C26H20F3N3O2/c1-2-32-25(34)22(24(33)30-20-16-10-9-15-19(20)26(27,28)29)21(17-11-5-3-6-12-17)23(31-32)18-13-7-4-8-14-18/h3-16H,2H2,1H3,(H,30,33). The monoisotopic (exact) mass is 463 g/mol. The summed E-state index contributed by atoms with van der Waals surface area (Å²) in [5, 5.41) is 6.80. The summed E-state index contributed by atoms with van der Waals surface area (Å²) >= 11 is 0. The van der Waals surface area contributed by atoms with E-state index in [0.29, 0.717) is 16.8 Å². The molecule has 4 aromatic rings. The van der Waals surface area contributed by atoms with E-state index < -0.39 is 28.9 Å². The van der Waals surface area contributed by atoms with Crippen LogP contribution >= 0.6 is 0 Å². The lowest BCUT2D eigenvalue weighted by Crippen LogP contribution is -2.32. The minimum Gasteiger partial charge on any atom is -0.321 e. The number of hydrogen-bond donors (Lipinski definition) is 1. The van der Waals surface area contributed by atoms with Gasteiger partial charge in [-0.15, -0.1) is 0 Å². The zero-order valence-electron chi connectivity index (χ0n) is 18.1. The van der Waals surface area contributed by atoms with Crippen molar-refractivity contribution in [3.05, 3.63) is 106 Å². The number of nitrogens with zero attached hydrogens (tertiary/aromatic N) is 2. The fraction of sp³-hybridized carbons (Fsp3) is 0.115. The van der Waals surface area contributed by atoms with Gasteiger partial charge in [0.2, 0.25) is 0 Å². The van der Waals surface area contributed by atoms with E-state index in [1.807, 2.05) is 6.07 Å². The predicted octanol–water partition coefficient (Wildman–Crippen LogP) is 5.87. The van der Waals surface area contributed by atoms with Crippen LogP contribution in [0.5, 0.6) is 0 Å². The van der Waals surface area contributed by atoms with Gasteiger partial charge in [-0.25, -0.2) is 4.68 Å². The van der Waals surface area contributed by atoms with Gasteiger partial charge >= 0.3 is 6.18 Å². The number of carbonyl (C=O) groups is 1. The smallest absolute Gasteiger partial charge is 0.321 e. The largest absolute Gasteiger partial charge is 0.418 e. The first kappa shape index (κ1) is 23.0. The highest BCUT2D eigenvalue weighted by atomic mass is 19.4. The van der Waals surface area contributed by atoms with Crippen molar-refractivity contribution < 1.29 is 18.0 Å². The van der Waals surface area contributed by atoms with Crippen LogP contribution in [0.15, 0.2) is 89.7 Å². The first-order chi connectivity index (χ1) is 16.3. The highest BCUT2D eigenvalue weighted by Crippen LogP contribution is 2.36. The number of benzene rings is 3. The summed E-state index contributed by atoms with van der Waals surface area (Å²) in [6, 6.07) is 22.4. The van der Waals surface area contributed by atoms with Gasteiger partial charge < -0.3 is 5.32 Å². The maximum atomic E-state index is 13.5. The van der Waals surface area contributed by atoms with Crippen LogP contribution in [-0.2, 0) is 12.7 Å². The zero-order chi connectivity index (χ0) is 24.3. The van der Waals surface area contributed by atoms with E-state index in [0.717, 1.165) is 16.8 Å². The third kappa shape index (κ3) is 4.47. The molecule has 172 valence electrons. The number of aromatic nitrogens is 2. The Hall–Kier alpha value is -4.20. The van der Waals surface area contributed by atoms with Crippen molar-refractivity contribution in [2.24, 2.45) is 0 Å². The molecule has 0 aliphatic carbocycles. The van der Waals surface area contributed by atoms with Gasteiger partial charge in [0.1, 0.15) is 5.56 Å². The van der Waals surface area contributed by atoms with Gasteiger partial charge in [0.05, 0.1) is 16.9 Å². The predicted molar refractivity (Wildman–Crippen MR) is 124 cm³/mol. The Morgan fingerprint density at radius 2 is 1.44 bits per heavy atom. The van der Waals surface area contributed by atoms with Crippen LogP contribution < -0.4 is 10.9 Å². The summed E-state index contributed by atoms with van der Waals surface area (Å²) in [5.74, 6) is -0.942. The second-order valence-electron chi connectivity index (χ2n) is 7.45. The van der Waals surface area contributed by atoms with E-state index in [-0.39, 0.29) is 17.7 Å². The Bertz CT molecular complexity index is 1380. The fourth-order valence-corrected chi connectivity index (χ4v) is 3.70. The number of nitrogens with one attached hydrogen (secondary N) is 1. The molecule has 0 saturated heterocycles. The maximum absolute atomic E-state index is 13.5. The highest BCUT2D eigenvalue weighted by molar-refractivity contribution is 6.10. The molecule has 0 unspecified atom stereocenters. The number of anilines is 1. The van der Waals surface area contributed by atoms with E-state index in [9.17, 15) is 22.8 Å². The van der Waals surface area contributed by atoms with Gasteiger partial charge in [0, 0.05) is 17.7 Å². The maximum Gasteiger partial charge on any atom is 0.418 e. The first-order valence-electron chi connectivity index (χ1n) is 10.5. The summed E-state index contributed by atoms with van der Waals surface area (Å²) < 4.78 is 41.6. The van der Waals surface area contributed by atoms with Crippen LogP contribution in [0.3, 0.4) is 0 Å². The Balaban J connectivity index is 1.97. The number of carbonyl (C=O) groups excluding carboxylic acids is 1. The topological polar surface area (TPSA) is 64.0 Å². The number of alkyl halides is 3. The average molecular weight is 463 g/mol. The van der Waals surface area contributed by atoms with Crippen LogP contribution in [-0.4, -0.2) is 15.7 Å². The van der Waals surface area contributed by atoms with Gasteiger partial charge in [0.25, 0.3) is 11.5 Å². The van der Waals surface area contributed by atoms with Gasteiger partial charge in [-0.2, -0.15) is 18.3 Å². The normalized spacial score (nSPS) is 11.3. The van der Waals surface area contributed by atoms with Crippen molar-refractivity contribution in [1.29, 1.82) is 0 Å². The van der Waals surface area contributed by atoms with Crippen LogP contribution in [0, 0.1) is 0 Å². The third-order valence-corrected chi connectivity index (χ3v) is 5.27. The molecule has 0 bridgehead atoms. The van der Waals surface area contributed by atoms with Crippen LogP contribution in [0.25, 0.3) is 22.4 Å². The van der Waals surface area contributed by atoms with Crippen molar-refractivity contribution in [2.45, 2.75) is 19.6 Å². The molecule has 5 nitrogen and oxygen atoms in total. The lowest BCUT2D eigenvalue weighted by Gasteiger charge is -2.18. The molecule has 1 N–H and O–H groups in total. The molecule has 0 atom stereocenters. The molecule has 0 radical (unpaired) electrons. The summed E-state index contributed by atoms with van der Waals surface area (Å²) in [6.45, 7) is 1.87. The number of rotatable bonds is 5. The number of para-hydroxylation sites is 1. The summed E-state index contributed by atoms with van der Waals surface area (Å²) in [4.78, 5) is 26.7. The minimum absolute atomic E-state index is 0.174. The van der Waals surface area contributed by atoms with E-state index >= 15 is 0 Å². The van der Waals surface area contributed by atoms with Crippen molar-refractivity contribution in [3.63, 3.8) is 0 Å². The zero-order valence-corrected chi connectivity index (χ0v) is 18.1. The average Bonchev–Trinajstić information content (AvgIpc) is 2.84. The van der Waals surface area contributed by atoms with Gasteiger partial charge in [-0.3, -0.25) is 9.59 Å². The van der Waals surface area contributed by atoms with E-state index in [2.05, 4.69) is 10.4 Å². The SMILES string of the molecule is CCn1nc(-c2ccccc2)c(-c2ccccc2)c(C(=O)Nc2ccccc2C(F)(F)F)c1=O. The fourth-order valence-electron chi connectivity index (χ4n) is 3.70. The molecular formula is C26H20F3N3O2. The van der Waals surface area contributed by atoms with Gasteiger partial charge in [-0.1, -0.05) is 72.8 Å². The van der Waals surface area contributed by atoms with Crippen LogP contribution in [0.2, 0.25) is 0 Å². The molecule has 8 heteroatoms. The van der Waals surface area contributed by atoms with Crippen LogP contribution in [0.1, 0.15) is 22.8 Å². The van der Waals surface area contributed by atoms with Crippen molar-refractivity contribution in [1.82, 2.24) is 9.78 Å². The molecule has 0 aliphatic heterocycles. The van der Waals surface area contributed by atoms with E-state index in [1.165, 1.54) is 12.1 Å². The molecule has 0 fully saturated rings. The minimum atomic E-state index is -4.68. The second kappa shape index (κ2) is 9.35. The quantitative estimate of drug-likeness (QED) is 0.403. The number of aryl methyl sites for hydroxylation is 1. The Labute approximate surface area is 193 Å². The van der Waals surface area contributed by atoms with E-state index in [4.69, 9.17) is 0 Å². The third-order valence-electron chi connectivity index (χ3n) is 5.27. The summed E-state index contributed by atoms with van der Waals surface area (Å²) in [7, 11) is 0. The lowest BCUT2D eigenvalue weighted by atomic mass is 9.95. The van der Waals surface area contributed by atoms with Gasteiger partial charge in [0.15, 0.2) is 0 Å². The molecule has 1 amide bonds. The molecule has 34 heavy (non-hydrogen) atoms. The number of hydrogen-bond acceptors (Lipinski definition) is 3. The molecule has 4 rings (SSSR count). The Morgan fingerprint density at radius 3 is 2.03 bits per heavy atom. The Kier molecular flexibility index (Phi) is 6.32. The van der Waals surface area contributed by atoms with Crippen LogP contribution in [0.4, 0.5) is 18.9 Å². The number of amides is 1. The summed E-state index contributed by atoms with van der Waals surface area (Å²) in [6.07, 6.45) is -4.68. The molecule has 0 aliphatic rings. The second-order valence-corrected chi connectivity index (χ2v) is 7.45. The highest BCUT2D eigenvalue weighted by Gasteiger charge is 2.34. The molecule has 0 spiro atoms. The van der Waals surface area contributed by atoms with Crippen molar-refractivity contribution >= 4 is 11.6 Å². The van der Waals surface area contributed by atoms with Crippen molar-refractivity contribution in [3.8, 4) is 22.4 Å². The number of halogens is 3.